The maximum Gasteiger partial charge on any atom is 0.429 e. The van der Waals surface area contributed by atoms with Crippen LogP contribution in [-0.2, 0) is 0 Å². The lowest BCUT2D eigenvalue weighted by atomic mass is 10.1. The first kappa shape index (κ1) is 15.4. The standard InChI is InChI=1S/C17H11F3N4O/c18-17(19,20)16(11-5-6-14-21-7-8-24(14)10-11)25-15-9-22-12-3-1-2-4-13(12)23-15/h1-10,16H. The van der Waals surface area contributed by atoms with Crippen molar-refractivity contribution >= 4 is 16.7 Å². The second-order valence-corrected chi connectivity index (χ2v) is 5.39. The van der Waals surface area contributed by atoms with Crippen molar-refractivity contribution in [2.24, 2.45) is 0 Å². The predicted molar refractivity (Wildman–Crippen MR) is 84.2 cm³/mol. The van der Waals surface area contributed by atoms with Gasteiger partial charge in [0.05, 0.1) is 17.2 Å². The number of hydrogen-bond acceptors (Lipinski definition) is 4. The Morgan fingerprint density at radius 1 is 1.00 bits per heavy atom. The van der Waals surface area contributed by atoms with Crippen LogP contribution in [0.4, 0.5) is 13.2 Å². The van der Waals surface area contributed by atoms with E-state index in [9.17, 15) is 13.2 Å². The van der Waals surface area contributed by atoms with Gasteiger partial charge in [0.15, 0.2) is 0 Å². The molecule has 4 rings (SSSR count). The molecule has 0 aliphatic rings. The Kier molecular flexibility index (Phi) is 3.52. The number of halogens is 3. The average molecular weight is 344 g/mol. The molecule has 3 heterocycles. The van der Waals surface area contributed by atoms with E-state index in [2.05, 4.69) is 15.0 Å². The number of benzene rings is 1. The van der Waals surface area contributed by atoms with Crippen molar-refractivity contribution < 1.29 is 17.9 Å². The number of rotatable bonds is 3. The van der Waals surface area contributed by atoms with E-state index >= 15 is 0 Å². The molecule has 8 heteroatoms. The van der Waals surface area contributed by atoms with Gasteiger partial charge in [0.1, 0.15) is 5.65 Å². The van der Waals surface area contributed by atoms with Crippen LogP contribution >= 0.6 is 0 Å². The number of hydrogen-bond donors (Lipinski definition) is 0. The molecule has 5 nitrogen and oxygen atoms in total. The SMILES string of the molecule is FC(F)(F)C(Oc1cnc2ccccc2n1)c1ccc2nccn2c1. The first-order valence-electron chi connectivity index (χ1n) is 7.38. The molecule has 126 valence electrons. The Labute approximate surface area is 139 Å². The lowest BCUT2D eigenvalue weighted by Gasteiger charge is -2.21. The minimum Gasteiger partial charge on any atom is -0.459 e. The Hall–Kier alpha value is -3.16. The minimum atomic E-state index is -4.61. The monoisotopic (exact) mass is 344 g/mol. The molecular formula is C17H11F3N4O. The molecule has 0 fully saturated rings. The summed E-state index contributed by atoms with van der Waals surface area (Å²) < 4.78 is 47.3. The predicted octanol–water partition coefficient (Wildman–Crippen LogP) is 3.96. The Morgan fingerprint density at radius 3 is 2.60 bits per heavy atom. The summed E-state index contributed by atoms with van der Waals surface area (Å²) >= 11 is 0. The van der Waals surface area contributed by atoms with Gasteiger partial charge in [0, 0.05) is 24.2 Å². The van der Waals surface area contributed by atoms with Gasteiger partial charge >= 0.3 is 6.18 Å². The van der Waals surface area contributed by atoms with Crippen molar-refractivity contribution in [1.29, 1.82) is 0 Å². The summed E-state index contributed by atoms with van der Waals surface area (Å²) in [6.45, 7) is 0. The van der Waals surface area contributed by atoms with E-state index in [0.717, 1.165) is 0 Å². The molecule has 0 saturated heterocycles. The van der Waals surface area contributed by atoms with Gasteiger partial charge in [-0.3, -0.25) is 0 Å². The number of para-hydroxylation sites is 2. The van der Waals surface area contributed by atoms with Gasteiger partial charge in [-0.25, -0.2) is 15.0 Å². The fraction of sp³-hybridized carbons (Fsp3) is 0.118. The number of ether oxygens (including phenoxy) is 1. The van der Waals surface area contributed by atoms with Crippen LogP contribution in [0.25, 0.3) is 16.7 Å². The lowest BCUT2D eigenvalue weighted by molar-refractivity contribution is -0.198. The summed E-state index contributed by atoms with van der Waals surface area (Å²) in [6, 6.07) is 9.74. The molecule has 1 unspecified atom stereocenters. The van der Waals surface area contributed by atoms with Crippen LogP contribution in [0.2, 0.25) is 0 Å². The summed E-state index contributed by atoms with van der Waals surface area (Å²) in [7, 11) is 0. The summed E-state index contributed by atoms with van der Waals surface area (Å²) in [6.07, 6.45) is -1.15. The van der Waals surface area contributed by atoms with Gasteiger partial charge in [0.25, 0.3) is 0 Å². The van der Waals surface area contributed by atoms with Crippen LogP contribution in [0.3, 0.4) is 0 Å². The molecule has 0 N–H and O–H groups in total. The van der Waals surface area contributed by atoms with Crippen molar-refractivity contribution in [3.05, 3.63) is 66.7 Å². The van der Waals surface area contributed by atoms with E-state index in [1.165, 1.54) is 35.1 Å². The van der Waals surface area contributed by atoms with Gasteiger partial charge in [-0.05, 0) is 24.3 Å². The topological polar surface area (TPSA) is 52.3 Å². The Morgan fingerprint density at radius 2 is 1.80 bits per heavy atom. The van der Waals surface area contributed by atoms with E-state index in [1.807, 2.05) is 0 Å². The molecule has 0 aliphatic heterocycles. The number of fused-ring (bicyclic) bond motifs is 2. The van der Waals surface area contributed by atoms with Gasteiger partial charge in [-0.15, -0.1) is 0 Å². The molecule has 0 spiro atoms. The van der Waals surface area contributed by atoms with Crippen LogP contribution in [-0.4, -0.2) is 25.5 Å². The largest absolute Gasteiger partial charge is 0.459 e. The Balaban J connectivity index is 1.73. The van der Waals surface area contributed by atoms with Crippen molar-refractivity contribution in [2.75, 3.05) is 0 Å². The molecule has 1 aromatic carbocycles. The second kappa shape index (κ2) is 5.73. The van der Waals surface area contributed by atoms with E-state index in [-0.39, 0.29) is 11.4 Å². The van der Waals surface area contributed by atoms with Crippen LogP contribution in [0.5, 0.6) is 5.88 Å². The maximum atomic E-state index is 13.5. The molecule has 0 bridgehead atoms. The van der Waals surface area contributed by atoms with Crippen molar-refractivity contribution in [2.45, 2.75) is 12.3 Å². The Bertz CT molecular complexity index is 1040. The average Bonchev–Trinajstić information content (AvgIpc) is 3.06. The van der Waals surface area contributed by atoms with Crippen molar-refractivity contribution in [3.8, 4) is 5.88 Å². The maximum absolute atomic E-state index is 13.5. The molecule has 0 saturated carbocycles. The zero-order valence-corrected chi connectivity index (χ0v) is 12.7. The van der Waals surface area contributed by atoms with Crippen molar-refractivity contribution in [3.63, 3.8) is 0 Å². The van der Waals surface area contributed by atoms with E-state index in [1.54, 1.807) is 30.5 Å². The molecule has 25 heavy (non-hydrogen) atoms. The normalized spacial score (nSPS) is 13.2. The smallest absolute Gasteiger partial charge is 0.429 e. The summed E-state index contributed by atoms with van der Waals surface area (Å²) in [5, 5.41) is 0. The van der Waals surface area contributed by atoms with Gasteiger partial charge < -0.3 is 9.14 Å². The highest BCUT2D eigenvalue weighted by molar-refractivity contribution is 5.73. The van der Waals surface area contributed by atoms with Crippen LogP contribution in [0, 0.1) is 0 Å². The molecule has 4 aromatic rings. The number of aromatic nitrogens is 4. The van der Waals surface area contributed by atoms with Crippen molar-refractivity contribution in [1.82, 2.24) is 19.4 Å². The second-order valence-electron chi connectivity index (χ2n) is 5.39. The highest BCUT2D eigenvalue weighted by atomic mass is 19.4. The first-order chi connectivity index (χ1) is 12.0. The summed E-state index contributed by atoms with van der Waals surface area (Å²) in [5.41, 5.74) is 1.55. The molecule has 0 aliphatic carbocycles. The number of nitrogens with zero attached hydrogens (tertiary/aromatic N) is 4. The summed E-state index contributed by atoms with van der Waals surface area (Å²) in [4.78, 5) is 12.2. The van der Waals surface area contributed by atoms with Gasteiger partial charge in [0.2, 0.25) is 12.0 Å². The zero-order chi connectivity index (χ0) is 17.4. The van der Waals surface area contributed by atoms with E-state index in [4.69, 9.17) is 4.74 Å². The fourth-order valence-corrected chi connectivity index (χ4v) is 2.53. The van der Waals surface area contributed by atoms with Crippen LogP contribution in [0.15, 0.2) is 61.2 Å². The van der Waals surface area contributed by atoms with E-state index in [0.29, 0.717) is 16.7 Å². The highest BCUT2D eigenvalue weighted by Gasteiger charge is 2.43. The lowest BCUT2D eigenvalue weighted by Crippen LogP contribution is -2.26. The molecule has 1 atom stereocenters. The number of alkyl halides is 3. The molecule has 0 radical (unpaired) electrons. The molecular weight excluding hydrogens is 333 g/mol. The van der Waals surface area contributed by atoms with Crippen LogP contribution in [0.1, 0.15) is 11.7 Å². The third-order valence-electron chi connectivity index (χ3n) is 3.68. The van der Waals surface area contributed by atoms with Crippen LogP contribution < -0.4 is 4.74 Å². The number of pyridine rings is 1. The molecule has 0 amide bonds. The summed E-state index contributed by atoms with van der Waals surface area (Å²) in [5.74, 6) is -0.188. The minimum absolute atomic E-state index is 0.0482. The number of imidazole rings is 1. The zero-order valence-electron chi connectivity index (χ0n) is 12.7. The van der Waals surface area contributed by atoms with Gasteiger partial charge in [-0.2, -0.15) is 13.2 Å². The third kappa shape index (κ3) is 2.98. The van der Waals surface area contributed by atoms with Gasteiger partial charge in [-0.1, -0.05) is 12.1 Å². The quantitative estimate of drug-likeness (QED) is 0.564. The first-order valence-corrected chi connectivity index (χ1v) is 7.38. The van der Waals surface area contributed by atoms with E-state index < -0.39 is 12.3 Å². The fourth-order valence-electron chi connectivity index (χ4n) is 2.53. The molecule has 3 aromatic heterocycles. The third-order valence-corrected chi connectivity index (χ3v) is 3.68. The highest BCUT2D eigenvalue weighted by Crippen LogP contribution is 2.36.